The number of aliphatic carboxylic acids is 1. The highest BCUT2D eigenvalue weighted by atomic mass is 16.5. The van der Waals surface area contributed by atoms with Crippen molar-refractivity contribution in [3.63, 3.8) is 0 Å². The molecule has 15 heavy (non-hydrogen) atoms. The van der Waals surface area contributed by atoms with E-state index in [1.807, 2.05) is 13.8 Å². The quantitative estimate of drug-likeness (QED) is 0.483. The molecule has 2 unspecified atom stereocenters. The van der Waals surface area contributed by atoms with Crippen LogP contribution in [0.1, 0.15) is 27.2 Å². The predicted molar refractivity (Wildman–Crippen MR) is 55.5 cm³/mol. The number of esters is 1. The average Bonchev–Trinajstić information content (AvgIpc) is 2.17. The topological polar surface area (TPSA) is 75.6 Å². The number of nitrogens with one attached hydrogen (secondary N) is 1. The zero-order chi connectivity index (χ0) is 11.8. The first-order valence-electron chi connectivity index (χ1n) is 5.15. The summed E-state index contributed by atoms with van der Waals surface area (Å²) < 4.78 is 4.65. The molecule has 0 aromatic carbocycles. The lowest BCUT2D eigenvalue weighted by Crippen LogP contribution is -2.46. The van der Waals surface area contributed by atoms with Crippen LogP contribution in [0.2, 0.25) is 0 Å². The van der Waals surface area contributed by atoms with Gasteiger partial charge in [-0.05, 0) is 19.4 Å². The van der Waals surface area contributed by atoms with E-state index in [0.717, 1.165) is 6.42 Å². The van der Waals surface area contributed by atoms with E-state index in [1.54, 1.807) is 6.92 Å². The molecule has 0 rings (SSSR count). The van der Waals surface area contributed by atoms with Gasteiger partial charge in [0.15, 0.2) is 0 Å². The molecule has 0 bridgehead atoms. The van der Waals surface area contributed by atoms with Crippen LogP contribution < -0.4 is 5.32 Å². The molecule has 0 aliphatic rings. The number of ether oxygens (including phenoxy) is 1. The van der Waals surface area contributed by atoms with Gasteiger partial charge in [0, 0.05) is 0 Å². The third-order valence-corrected chi connectivity index (χ3v) is 2.14. The Labute approximate surface area is 89.8 Å². The summed E-state index contributed by atoms with van der Waals surface area (Å²) in [5, 5.41) is 11.5. The lowest BCUT2D eigenvalue weighted by Gasteiger charge is -2.15. The van der Waals surface area contributed by atoms with Crippen molar-refractivity contribution < 1.29 is 19.4 Å². The van der Waals surface area contributed by atoms with E-state index in [2.05, 4.69) is 10.1 Å². The van der Waals surface area contributed by atoms with Gasteiger partial charge in [0.1, 0.15) is 0 Å². The SMILES string of the molecule is CCOC(=O)C(NCC(C)CC)C(=O)O. The molecule has 88 valence electrons. The van der Waals surface area contributed by atoms with Crippen LogP contribution in [0.15, 0.2) is 0 Å². The minimum absolute atomic E-state index is 0.188. The summed E-state index contributed by atoms with van der Waals surface area (Å²) in [7, 11) is 0. The number of carboxylic acids is 1. The molecule has 0 heterocycles. The molecule has 2 atom stereocenters. The fraction of sp³-hybridized carbons (Fsp3) is 0.800. The summed E-state index contributed by atoms with van der Waals surface area (Å²) in [4.78, 5) is 22.0. The Balaban J connectivity index is 4.16. The van der Waals surface area contributed by atoms with E-state index in [1.165, 1.54) is 0 Å². The van der Waals surface area contributed by atoms with Gasteiger partial charge in [0.05, 0.1) is 6.61 Å². The molecule has 0 radical (unpaired) electrons. The Morgan fingerprint density at radius 1 is 1.40 bits per heavy atom. The molecule has 0 saturated carbocycles. The van der Waals surface area contributed by atoms with Crippen molar-refractivity contribution in [2.75, 3.05) is 13.2 Å². The minimum Gasteiger partial charge on any atom is -0.480 e. The van der Waals surface area contributed by atoms with Crippen molar-refractivity contribution in [2.45, 2.75) is 33.2 Å². The van der Waals surface area contributed by atoms with Gasteiger partial charge in [-0.25, -0.2) is 9.59 Å². The fourth-order valence-corrected chi connectivity index (χ4v) is 0.960. The van der Waals surface area contributed by atoms with Crippen LogP contribution in [0.5, 0.6) is 0 Å². The molecule has 2 N–H and O–H groups in total. The average molecular weight is 217 g/mol. The number of carboxylic acid groups (broad SMARTS) is 1. The lowest BCUT2D eigenvalue weighted by atomic mass is 10.1. The van der Waals surface area contributed by atoms with E-state index in [-0.39, 0.29) is 6.61 Å². The molecule has 0 aromatic heterocycles. The largest absolute Gasteiger partial charge is 0.480 e. The zero-order valence-electron chi connectivity index (χ0n) is 9.45. The number of hydrogen-bond donors (Lipinski definition) is 2. The summed E-state index contributed by atoms with van der Waals surface area (Å²) >= 11 is 0. The van der Waals surface area contributed by atoms with Crippen LogP contribution in [-0.2, 0) is 14.3 Å². The van der Waals surface area contributed by atoms with E-state index in [0.29, 0.717) is 12.5 Å². The highest BCUT2D eigenvalue weighted by Crippen LogP contribution is 1.99. The Hall–Kier alpha value is -1.10. The molecule has 0 saturated heterocycles. The van der Waals surface area contributed by atoms with Crippen molar-refractivity contribution >= 4 is 11.9 Å². The molecular formula is C10H19NO4. The smallest absolute Gasteiger partial charge is 0.334 e. The van der Waals surface area contributed by atoms with Crippen LogP contribution in [0, 0.1) is 5.92 Å². The minimum atomic E-state index is -1.25. The molecule has 0 aliphatic carbocycles. The Morgan fingerprint density at radius 3 is 2.40 bits per heavy atom. The van der Waals surface area contributed by atoms with Gasteiger partial charge in [-0.2, -0.15) is 0 Å². The van der Waals surface area contributed by atoms with Gasteiger partial charge in [-0.1, -0.05) is 20.3 Å². The van der Waals surface area contributed by atoms with E-state index in [4.69, 9.17) is 5.11 Å². The highest BCUT2D eigenvalue weighted by molar-refractivity contribution is 5.98. The Morgan fingerprint density at radius 2 is 2.00 bits per heavy atom. The van der Waals surface area contributed by atoms with Crippen molar-refractivity contribution in [3.8, 4) is 0 Å². The van der Waals surface area contributed by atoms with Gasteiger partial charge >= 0.3 is 11.9 Å². The van der Waals surface area contributed by atoms with Crippen molar-refractivity contribution in [1.29, 1.82) is 0 Å². The molecule has 0 spiro atoms. The molecule has 0 amide bonds. The van der Waals surface area contributed by atoms with Crippen LogP contribution in [0.3, 0.4) is 0 Å². The van der Waals surface area contributed by atoms with Crippen LogP contribution in [0.4, 0.5) is 0 Å². The second kappa shape index (κ2) is 7.23. The van der Waals surface area contributed by atoms with Gasteiger partial charge in [-0.15, -0.1) is 0 Å². The number of rotatable bonds is 7. The first kappa shape index (κ1) is 13.9. The van der Waals surface area contributed by atoms with E-state index < -0.39 is 18.0 Å². The summed E-state index contributed by atoms with van der Waals surface area (Å²) in [6.07, 6.45) is 0.933. The molecular weight excluding hydrogens is 198 g/mol. The molecule has 0 aromatic rings. The number of hydrogen-bond acceptors (Lipinski definition) is 4. The zero-order valence-corrected chi connectivity index (χ0v) is 9.45. The summed E-state index contributed by atoms with van der Waals surface area (Å²) in [6, 6.07) is -1.25. The second-order valence-electron chi connectivity index (χ2n) is 3.44. The van der Waals surface area contributed by atoms with Crippen LogP contribution in [-0.4, -0.2) is 36.2 Å². The number of carbonyl (C=O) groups is 2. The lowest BCUT2D eigenvalue weighted by molar-refractivity contribution is -0.154. The monoisotopic (exact) mass is 217 g/mol. The molecule has 0 fully saturated rings. The van der Waals surface area contributed by atoms with Gasteiger partial charge in [0.2, 0.25) is 6.04 Å². The summed E-state index contributed by atoms with van der Waals surface area (Å²) in [6.45, 7) is 6.31. The summed E-state index contributed by atoms with van der Waals surface area (Å²) in [5.74, 6) is -1.59. The first-order valence-corrected chi connectivity index (χ1v) is 5.15. The second-order valence-corrected chi connectivity index (χ2v) is 3.44. The third-order valence-electron chi connectivity index (χ3n) is 2.14. The predicted octanol–water partition coefficient (Wildman–Crippen LogP) is 0.638. The standard InChI is InChI=1S/C10H19NO4/c1-4-7(3)6-11-8(9(12)13)10(14)15-5-2/h7-8,11H,4-6H2,1-3H3,(H,12,13). The molecule has 0 aliphatic heterocycles. The first-order chi connectivity index (χ1) is 7.02. The van der Waals surface area contributed by atoms with Crippen LogP contribution in [0.25, 0.3) is 0 Å². The molecule has 5 heteroatoms. The molecule has 5 nitrogen and oxygen atoms in total. The van der Waals surface area contributed by atoms with Crippen LogP contribution >= 0.6 is 0 Å². The Kier molecular flexibility index (Phi) is 6.70. The van der Waals surface area contributed by atoms with Gasteiger partial charge in [-0.3, -0.25) is 5.32 Å². The Bertz CT molecular complexity index is 217. The van der Waals surface area contributed by atoms with Crippen molar-refractivity contribution in [1.82, 2.24) is 5.32 Å². The maximum atomic E-state index is 11.2. The van der Waals surface area contributed by atoms with Gasteiger partial charge in [0.25, 0.3) is 0 Å². The van der Waals surface area contributed by atoms with Gasteiger partial charge < -0.3 is 9.84 Å². The van der Waals surface area contributed by atoms with Crippen molar-refractivity contribution in [2.24, 2.45) is 5.92 Å². The maximum Gasteiger partial charge on any atom is 0.334 e. The van der Waals surface area contributed by atoms with E-state index in [9.17, 15) is 9.59 Å². The normalized spacial score (nSPS) is 14.3. The summed E-state index contributed by atoms with van der Waals surface area (Å²) in [5.41, 5.74) is 0. The van der Waals surface area contributed by atoms with E-state index >= 15 is 0 Å². The fourth-order valence-electron chi connectivity index (χ4n) is 0.960. The van der Waals surface area contributed by atoms with Crippen molar-refractivity contribution in [3.05, 3.63) is 0 Å². The third kappa shape index (κ3) is 5.37. The maximum absolute atomic E-state index is 11.2. The number of carbonyl (C=O) groups excluding carboxylic acids is 1. The highest BCUT2D eigenvalue weighted by Gasteiger charge is 2.27.